The Balaban J connectivity index is 1.33. The van der Waals surface area contributed by atoms with Crippen molar-refractivity contribution in [3.05, 3.63) is 164 Å². The van der Waals surface area contributed by atoms with Gasteiger partial charge in [-0.25, -0.2) is 0 Å². The summed E-state index contributed by atoms with van der Waals surface area (Å²) in [5, 5.41) is 64.4. The van der Waals surface area contributed by atoms with Gasteiger partial charge in [-0.3, -0.25) is 9.59 Å². The summed E-state index contributed by atoms with van der Waals surface area (Å²) in [4.78, 5) is 23.8. The molecular formula is C56H58Cl2N4O12P2. The molecule has 0 aromatic heterocycles. The lowest BCUT2D eigenvalue weighted by Gasteiger charge is -2.24. The molecule has 0 aliphatic carbocycles. The van der Waals surface area contributed by atoms with E-state index in [4.69, 9.17) is 42.1 Å². The van der Waals surface area contributed by atoms with Crippen LogP contribution in [0.1, 0.15) is 57.3 Å². The number of aliphatic hydroxyl groups excluding tert-OH is 2. The number of rotatable bonds is 27. The van der Waals surface area contributed by atoms with Gasteiger partial charge in [-0.15, -0.1) is 0 Å². The highest BCUT2D eigenvalue weighted by molar-refractivity contribution is 7.71. The van der Waals surface area contributed by atoms with Crippen LogP contribution in [0.25, 0.3) is 11.1 Å². The van der Waals surface area contributed by atoms with Crippen LogP contribution in [0.3, 0.4) is 0 Å². The quantitative estimate of drug-likeness (QED) is 0.0263. The van der Waals surface area contributed by atoms with Gasteiger partial charge in [0.1, 0.15) is 75.8 Å². The number of hydrogen-bond donors (Lipinski definition) is 6. The van der Waals surface area contributed by atoms with Crippen molar-refractivity contribution in [1.29, 1.82) is 10.5 Å². The molecule has 398 valence electrons. The van der Waals surface area contributed by atoms with Crippen molar-refractivity contribution in [3.63, 3.8) is 0 Å². The molecule has 0 radical (unpaired) electrons. The zero-order valence-electron chi connectivity index (χ0n) is 42.2. The molecule has 0 heterocycles. The Hall–Kier alpha value is -6.68. The number of nitrogens with one attached hydrogen (secondary N) is 2. The molecule has 0 spiro atoms. The minimum absolute atomic E-state index is 0.00682. The van der Waals surface area contributed by atoms with E-state index in [0.717, 1.165) is 0 Å². The van der Waals surface area contributed by atoms with E-state index in [1.165, 1.54) is 0 Å². The molecule has 0 fully saturated rings. The molecule has 2 atom stereocenters. The Morgan fingerprint density at radius 1 is 0.539 bits per heavy atom. The maximum absolute atomic E-state index is 14.5. The second-order valence-electron chi connectivity index (χ2n) is 18.5. The average Bonchev–Trinajstić information content (AvgIpc) is 3.38. The number of ether oxygens (including phenoxy) is 4. The molecule has 76 heavy (non-hydrogen) atoms. The van der Waals surface area contributed by atoms with Crippen molar-refractivity contribution in [1.82, 2.24) is 10.6 Å². The van der Waals surface area contributed by atoms with Crippen LogP contribution in [0.15, 0.2) is 109 Å². The van der Waals surface area contributed by atoms with E-state index in [1.54, 1.807) is 124 Å². The number of nitriles is 2. The lowest BCUT2D eigenvalue weighted by atomic mass is 10.0. The van der Waals surface area contributed by atoms with Gasteiger partial charge in [0.05, 0.1) is 33.3 Å². The molecule has 6 N–H and O–H groups in total. The van der Waals surface area contributed by atoms with Crippen molar-refractivity contribution < 1.29 is 58.1 Å². The van der Waals surface area contributed by atoms with E-state index < -0.39 is 38.3 Å². The summed E-state index contributed by atoms with van der Waals surface area (Å²) in [6.07, 6.45) is -0.0736. The highest BCUT2D eigenvalue weighted by Crippen LogP contribution is 2.46. The smallest absolute Gasteiger partial charge is 0.320 e. The Kier molecular flexibility index (Phi) is 20.7. The van der Waals surface area contributed by atoms with Gasteiger partial charge >= 0.3 is 11.9 Å². The van der Waals surface area contributed by atoms with Gasteiger partial charge in [0.2, 0.25) is 0 Å². The number of carboxylic acid groups (broad SMARTS) is 2. The third-order valence-corrected chi connectivity index (χ3v) is 15.8. The third-order valence-electron chi connectivity index (χ3n) is 12.0. The Labute approximate surface area is 451 Å². The first kappa shape index (κ1) is 58.6. The number of hydrogen-bond acceptors (Lipinski definition) is 14. The number of carboxylic acids is 2. The first-order chi connectivity index (χ1) is 36.2. The van der Waals surface area contributed by atoms with Gasteiger partial charge in [0.25, 0.3) is 0 Å². The molecule has 0 aliphatic rings. The number of carbonyl (C=O) groups is 2. The van der Waals surface area contributed by atoms with E-state index in [1.807, 2.05) is 12.1 Å². The second-order valence-corrected chi connectivity index (χ2v) is 25.6. The lowest BCUT2D eigenvalue weighted by Crippen LogP contribution is -2.37. The van der Waals surface area contributed by atoms with Crippen LogP contribution >= 0.6 is 37.5 Å². The lowest BCUT2D eigenvalue weighted by molar-refractivity contribution is -0.140. The molecule has 0 amide bonds. The van der Waals surface area contributed by atoms with Crippen LogP contribution in [-0.2, 0) is 58.2 Å². The fourth-order valence-electron chi connectivity index (χ4n) is 8.48. The van der Waals surface area contributed by atoms with Crippen LogP contribution in [0.2, 0.25) is 10.0 Å². The van der Waals surface area contributed by atoms with Crippen molar-refractivity contribution in [2.24, 2.45) is 0 Å². The van der Waals surface area contributed by atoms with Crippen molar-refractivity contribution in [2.75, 3.05) is 39.9 Å². The van der Waals surface area contributed by atoms with Crippen LogP contribution in [-0.4, -0.2) is 84.3 Å². The number of aliphatic hydroxyl groups is 2. The van der Waals surface area contributed by atoms with E-state index >= 15 is 0 Å². The van der Waals surface area contributed by atoms with Crippen molar-refractivity contribution in [2.45, 2.75) is 64.4 Å². The van der Waals surface area contributed by atoms with E-state index in [9.17, 15) is 49.7 Å². The van der Waals surface area contributed by atoms with Gasteiger partial charge in [0, 0.05) is 71.3 Å². The monoisotopic (exact) mass is 1110 g/mol. The van der Waals surface area contributed by atoms with Gasteiger partial charge in [-0.05, 0) is 98.2 Å². The second kappa shape index (κ2) is 26.9. The highest BCUT2D eigenvalue weighted by Gasteiger charge is 2.29. The number of aliphatic carboxylic acids is 2. The van der Waals surface area contributed by atoms with Crippen LogP contribution in [0.5, 0.6) is 23.0 Å². The number of nitrogens with zero attached hydrogens (tertiary/aromatic N) is 2. The minimum Gasteiger partial charge on any atom is -0.488 e. The standard InChI is InChI=1S/C56H58Cl2N4O12P2/c1-75(2,69)53-39(33-73-51-25-49(71-31-37-11-5-9-35(21-37)27-59)41(23-45(51)57)29-61-47(17-19-63)55(65)66)13-7-15-43(53)44-16-8-14-40(54(44)76(3,4)70)34-74-52-26-50(72-32-38-12-6-10-36(22-38)28-60)42(24-46(52)58)30-62-48(18-20-64)56(67)68/h5-16,21-26,47-48,61-64H,17-20,29-34H2,1-4H3,(H,65,66)(H,67,68). The fourth-order valence-corrected chi connectivity index (χ4v) is 12.2. The van der Waals surface area contributed by atoms with Crippen LogP contribution < -0.4 is 40.2 Å². The van der Waals surface area contributed by atoms with Crippen LogP contribution in [0, 0.1) is 22.7 Å². The average molecular weight is 1110 g/mol. The molecule has 6 aromatic carbocycles. The summed E-state index contributed by atoms with van der Waals surface area (Å²) in [7, 11) is -6.34. The number of benzene rings is 6. The Morgan fingerprint density at radius 2 is 0.908 bits per heavy atom. The summed E-state index contributed by atoms with van der Waals surface area (Å²) >= 11 is 13.7. The molecule has 6 aromatic rings. The SMILES string of the molecule is CP(C)(=O)c1c(COc2cc(OCc3cccc(C#N)c3)c(CNC(CCO)C(=O)O)cc2Cl)cccc1-c1cccc(COc2cc(OCc3cccc(C#N)c3)c(CNC(CCO)C(=O)O)cc2Cl)c1P(C)(C)=O. The summed E-state index contributed by atoms with van der Waals surface area (Å²) in [6.45, 7) is 5.73. The van der Waals surface area contributed by atoms with E-state index in [0.29, 0.717) is 77.7 Å². The predicted molar refractivity (Wildman–Crippen MR) is 293 cm³/mol. The fraction of sp³-hybridized carbons (Fsp3) is 0.286. The first-order valence-corrected chi connectivity index (χ1v) is 29.8. The maximum atomic E-state index is 14.5. The largest absolute Gasteiger partial charge is 0.488 e. The molecular weight excluding hydrogens is 1050 g/mol. The van der Waals surface area contributed by atoms with E-state index in [-0.39, 0.29) is 87.1 Å². The van der Waals surface area contributed by atoms with Gasteiger partial charge in [-0.2, -0.15) is 10.5 Å². The number of halogens is 2. The molecule has 6 rings (SSSR count). The van der Waals surface area contributed by atoms with Gasteiger partial charge in [0.15, 0.2) is 0 Å². The summed E-state index contributed by atoms with van der Waals surface area (Å²) < 4.78 is 54.3. The topological polar surface area (TPSA) is 258 Å². The van der Waals surface area contributed by atoms with Crippen molar-refractivity contribution >= 4 is 60.0 Å². The summed E-state index contributed by atoms with van der Waals surface area (Å²) in [5.41, 5.74) is 5.53. The van der Waals surface area contributed by atoms with Gasteiger partial charge < -0.3 is 59.1 Å². The molecule has 16 nitrogen and oxygen atoms in total. The maximum Gasteiger partial charge on any atom is 0.320 e. The summed E-state index contributed by atoms with van der Waals surface area (Å²) in [6, 6.07) is 33.0. The Morgan fingerprint density at radius 3 is 1.25 bits per heavy atom. The van der Waals surface area contributed by atoms with Gasteiger partial charge in [-0.1, -0.05) is 83.9 Å². The molecule has 2 unspecified atom stereocenters. The highest BCUT2D eigenvalue weighted by atomic mass is 35.5. The molecule has 20 heteroatoms. The summed E-state index contributed by atoms with van der Waals surface area (Å²) in [5.74, 6) is -1.26. The first-order valence-electron chi connectivity index (χ1n) is 23.9. The zero-order valence-corrected chi connectivity index (χ0v) is 45.5. The molecule has 0 saturated heterocycles. The van der Waals surface area contributed by atoms with E-state index in [2.05, 4.69) is 22.8 Å². The minimum atomic E-state index is -3.17. The predicted octanol–water partition coefficient (Wildman–Crippen LogP) is 9.07. The van der Waals surface area contributed by atoms with Crippen LogP contribution in [0.4, 0.5) is 0 Å². The molecule has 0 bridgehead atoms. The Bertz CT molecular complexity index is 3040. The molecule has 0 aliphatic heterocycles. The molecule has 0 saturated carbocycles. The zero-order chi connectivity index (χ0) is 55.2. The third kappa shape index (κ3) is 15.7. The normalized spacial score (nSPS) is 12.2. The van der Waals surface area contributed by atoms with Crippen molar-refractivity contribution in [3.8, 4) is 46.3 Å².